The highest BCUT2D eigenvalue weighted by atomic mass is 32.1. The SMILES string of the molecule is CCc1nc(NC(=O)c2cncc(C#CCN)c2)sc1C. The van der Waals surface area contributed by atoms with Gasteiger partial charge in [0.2, 0.25) is 0 Å². The molecule has 1 amide bonds. The summed E-state index contributed by atoms with van der Waals surface area (Å²) in [5.74, 6) is 5.35. The number of rotatable bonds is 3. The van der Waals surface area contributed by atoms with Gasteiger partial charge in [-0.1, -0.05) is 18.8 Å². The monoisotopic (exact) mass is 300 g/mol. The summed E-state index contributed by atoms with van der Waals surface area (Å²) >= 11 is 1.47. The summed E-state index contributed by atoms with van der Waals surface area (Å²) in [6.07, 6.45) is 3.95. The predicted molar refractivity (Wildman–Crippen MR) is 84.4 cm³/mol. The number of aromatic nitrogens is 2. The van der Waals surface area contributed by atoms with Crippen molar-refractivity contribution in [1.29, 1.82) is 0 Å². The topological polar surface area (TPSA) is 80.9 Å². The van der Waals surface area contributed by atoms with Crippen molar-refractivity contribution in [3.05, 3.63) is 40.2 Å². The molecule has 5 nitrogen and oxygen atoms in total. The quantitative estimate of drug-likeness (QED) is 0.849. The molecule has 2 aromatic heterocycles. The predicted octanol–water partition coefficient (Wildman–Crippen LogP) is 1.97. The lowest BCUT2D eigenvalue weighted by atomic mass is 10.2. The van der Waals surface area contributed by atoms with Crippen molar-refractivity contribution in [1.82, 2.24) is 9.97 Å². The number of aryl methyl sites for hydroxylation is 2. The molecule has 2 aromatic rings. The molecule has 2 rings (SSSR count). The third-order valence-electron chi connectivity index (χ3n) is 2.78. The molecule has 0 aromatic carbocycles. The Hall–Kier alpha value is -2.23. The zero-order chi connectivity index (χ0) is 15.2. The van der Waals surface area contributed by atoms with Crippen LogP contribution in [-0.2, 0) is 6.42 Å². The third-order valence-corrected chi connectivity index (χ3v) is 3.71. The van der Waals surface area contributed by atoms with Crippen molar-refractivity contribution in [2.45, 2.75) is 20.3 Å². The number of nitrogens with one attached hydrogen (secondary N) is 1. The molecule has 0 aliphatic heterocycles. The van der Waals surface area contributed by atoms with Crippen LogP contribution in [0.15, 0.2) is 18.5 Å². The van der Waals surface area contributed by atoms with Crippen LogP contribution in [0.5, 0.6) is 0 Å². The minimum Gasteiger partial charge on any atom is -0.320 e. The van der Waals surface area contributed by atoms with Gasteiger partial charge in [0.25, 0.3) is 5.91 Å². The molecule has 0 aliphatic rings. The molecule has 0 aliphatic carbocycles. The van der Waals surface area contributed by atoms with E-state index < -0.39 is 0 Å². The first-order valence-electron chi connectivity index (χ1n) is 6.55. The molecule has 21 heavy (non-hydrogen) atoms. The van der Waals surface area contributed by atoms with Crippen molar-refractivity contribution < 1.29 is 4.79 Å². The van der Waals surface area contributed by atoms with E-state index in [0.717, 1.165) is 17.0 Å². The molecule has 0 fully saturated rings. The standard InChI is InChI=1S/C15H16N4OS/c1-3-13-10(2)21-15(18-13)19-14(20)12-7-11(5-4-6-16)8-17-9-12/h7-9H,3,6,16H2,1-2H3,(H,18,19,20). The number of anilines is 1. The first-order valence-corrected chi connectivity index (χ1v) is 7.37. The third kappa shape index (κ3) is 3.88. The number of hydrogen-bond acceptors (Lipinski definition) is 5. The van der Waals surface area contributed by atoms with E-state index in [-0.39, 0.29) is 12.5 Å². The maximum atomic E-state index is 12.2. The van der Waals surface area contributed by atoms with Crippen LogP contribution in [0.1, 0.15) is 33.4 Å². The highest BCUT2D eigenvalue weighted by Crippen LogP contribution is 2.22. The Labute approximate surface area is 127 Å². The molecule has 0 unspecified atom stereocenters. The first-order chi connectivity index (χ1) is 10.1. The van der Waals surface area contributed by atoms with E-state index in [9.17, 15) is 4.79 Å². The van der Waals surface area contributed by atoms with E-state index in [0.29, 0.717) is 16.3 Å². The van der Waals surface area contributed by atoms with Crippen LogP contribution in [0, 0.1) is 18.8 Å². The number of thiazole rings is 1. The van der Waals surface area contributed by atoms with Crippen molar-refractivity contribution in [2.24, 2.45) is 5.73 Å². The van der Waals surface area contributed by atoms with Gasteiger partial charge < -0.3 is 5.73 Å². The summed E-state index contributed by atoms with van der Waals surface area (Å²) in [7, 11) is 0. The number of nitrogens with two attached hydrogens (primary N) is 1. The second-order valence-corrected chi connectivity index (χ2v) is 5.50. The van der Waals surface area contributed by atoms with Gasteiger partial charge in [-0.05, 0) is 19.4 Å². The zero-order valence-corrected chi connectivity index (χ0v) is 12.8. The Balaban J connectivity index is 2.16. The van der Waals surface area contributed by atoms with E-state index in [4.69, 9.17) is 5.73 Å². The molecule has 0 atom stereocenters. The number of carbonyl (C=O) groups is 1. The summed E-state index contributed by atoms with van der Waals surface area (Å²) in [5, 5.41) is 3.40. The number of amides is 1. The zero-order valence-electron chi connectivity index (χ0n) is 11.9. The molecule has 0 saturated carbocycles. The Morgan fingerprint density at radius 2 is 2.29 bits per heavy atom. The summed E-state index contributed by atoms with van der Waals surface area (Å²) < 4.78 is 0. The fourth-order valence-corrected chi connectivity index (χ4v) is 2.66. The van der Waals surface area contributed by atoms with Gasteiger partial charge in [-0.3, -0.25) is 15.1 Å². The number of carbonyl (C=O) groups excluding carboxylic acids is 1. The lowest BCUT2D eigenvalue weighted by molar-refractivity contribution is 0.102. The minimum absolute atomic E-state index is 0.240. The second-order valence-electron chi connectivity index (χ2n) is 4.30. The molecule has 6 heteroatoms. The van der Waals surface area contributed by atoms with Gasteiger partial charge in [-0.25, -0.2) is 4.98 Å². The van der Waals surface area contributed by atoms with Crippen LogP contribution in [0.2, 0.25) is 0 Å². The van der Waals surface area contributed by atoms with Gasteiger partial charge in [-0.15, -0.1) is 11.3 Å². The summed E-state index contributed by atoms with van der Waals surface area (Å²) in [6.45, 7) is 4.31. The van der Waals surface area contributed by atoms with Crippen molar-refractivity contribution in [2.75, 3.05) is 11.9 Å². The van der Waals surface area contributed by atoms with Crippen molar-refractivity contribution in [3.63, 3.8) is 0 Å². The highest BCUT2D eigenvalue weighted by Gasteiger charge is 2.11. The molecule has 0 spiro atoms. The molecule has 2 heterocycles. The Morgan fingerprint density at radius 3 is 2.95 bits per heavy atom. The maximum Gasteiger partial charge on any atom is 0.259 e. The van der Waals surface area contributed by atoms with Gasteiger partial charge >= 0.3 is 0 Å². The van der Waals surface area contributed by atoms with Gasteiger partial charge in [0, 0.05) is 22.8 Å². The normalized spacial score (nSPS) is 9.86. The molecule has 0 bridgehead atoms. The first kappa shape index (κ1) is 15.2. The number of pyridine rings is 1. The summed E-state index contributed by atoms with van der Waals surface area (Å²) in [5.41, 5.74) is 7.45. The lowest BCUT2D eigenvalue weighted by Gasteiger charge is -2.01. The van der Waals surface area contributed by atoms with Crippen molar-refractivity contribution in [3.8, 4) is 11.8 Å². The molecule has 0 radical (unpaired) electrons. The van der Waals surface area contributed by atoms with Gasteiger partial charge in [0.15, 0.2) is 5.13 Å². The summed E-state index contributed by atoms with van der Waals surface area (Å²) in [6, 6.07) is 1.69. The largest absolute Gasteiger partial charge is 0.320 e. The summed E-state index contributed by atoms with van der Waals surface area (Å²) in [4.78, 5) is 21.7. The Bertz CT molecular complexity index is 712. The van der Waals surface area contributed by atoms with Crippen molar-refractivity contribution >= 4 is 22.4 Å². The second kappa shape index (κ2) is 6.97. The van der Waals surface area contributed by atoms with Crippen LogP contribution in [0.4, 0.5) is 5.13 Å². The van der Waals surface area contributed by atoms with Gasteiger partial charge in [-0.2, -0.15) is 0 Å². The molecule has 0 saturated heterocycles. The van der Waals surface area contributed by atoms with E-state index >= 15 is 0 Å². The van der Waals surface area contributed by atoms with Gasteiger partial charge in [0.05, 0.1) is 17.8 Å². The van der Waals surface area contributed by atoms with Crippen LogP contribution in [-0.4, -0.2) is 22.4 Å². The molecular formula is C15H16N4OS. The van der Waals surface area contributed by atoms with E-state index in [1.807, 2.05) is 13.8 Å². The fourth-order valence-electron chi connectivity index (χ4n) is 1.76. The van der Waals surface area contributed by atoms with Crippen LogP contribution in [0.25, 0.3) is 0 Å². The van der Waals surface area contributed by atoms with E-state index in [1.165, 1.54) is 17.5 Å². The Morgan fingerprint density at radius 1 is 1.48 bits per heavy atom. The molecule has 3 N–H and O–H groups in total. The van der Waals surface area contributed by atoms with Crippen LogP contribution in [0.3, 0.4) is 0 Å². The lowest BCUT2D eigenvalue weighted by Crippen LogP contribution is -2.12. The van der Waals surface area contributed by atoms with Crippen LogP contribution < -0.4 is 11.1 Å². The maximum absolute atomic E-state index is 12.2. The average Bonchev–Trinajstić information content (AvgIpc) is 2.85. The van der Waals surface area contributed by atoms with E-state index in [2.05, 4.69) is 27.1 Å². The number of nitrogens with zero attached hydrogens (tertiary/aromatic N) is 2. The highest BCUT2D eigenvalue weighted by molar-refractivity contribution is 7.15. The average molecular weight is 300 g/mol. The molecule has 108 valence electrons. The fraction of sp³-hybridized carbons (Fsp3) is 0.267. The minimum atomic E-state index is -0.240. The van der Waals surface area contributed by atoms with Gasteiger partial charge in [0.1, 0.15) is 0 Å². The number of hydrogen-bond donors (Lipinski definition) is 2. The van der Waals surface area contributed by atoms with E-state index in [1.54, 1.807) is 12.3 Å². The smallest absolute Gasteiger partial charge is 0.259 e. The van der Waals surface area contributed by atoms with Crippen LogP contribution >= 0.6 is 11.3 Å². The molecular weight excluding hydrogens is 284 g/mol. The Kier molecular flexibility index (Phi) is 5.04.